The molecule has 3 heteroatoms. The molecule has 2 aromatic carbocycles. The third-order valence-corrected chi connectivity index (χ3v) is 3.11. The van der Waals surface area contributed by atoms with Crippen LogP contribution in [0.5, 0.6) is 0 Å². The van der Waals surface area contributed by atoms with E-state index in [1.165, 1.54) is 6.07 Å². The van der Waals surface area contributed by atoms with E-state index in [0.717, 1.165) is 29.7 Å². The molecular formula is C17H17FN2. The predicted molar refractivity (Wildman–Crippen MR) is 78.5 cm³/mol. The van der Waals surface area contributed by atoms with E-state index >= 15 is 0 Å². The largest absolute Gasteiger partial charge is 0.313 e. The Morgan fingerprint density at radius 3 is 2.80 bits per heavy atom. The van der Waals surface area contributed by atoms with Crippen molar-refractivity contribution in [2.45, 2.75) is 19.9 Å². The molecule has 0 aliphatic heterocycles. The fraction of sp³-hybridized carbons (Fsp3) is 0.235. The quantitative estimate of drug-likeness (QED) is 0.836. The highest BCUT2D eigenvalue weighted by molar-refractivity contribution is 5.68. The molecule has 0 spiro atoms. The standard InChI is InChI=1S/C17H17FN2/c1-2-8-20-12-15-10-16(18)6-7-17(15)14-5-3-4-13(9-14)11-19/h3-7,9-10,20H,2,8,12H2,1H3. The fourth-order valence-corrected chi connectivity index (χ4v) is 2.15. The highest BCUT2D eigenvalue weighted by Gasteiger charge is 2.07. The average molecular weight is 268 g/mol. The second kappa shape index (κ2) is 6.83. The lowest BCUT2D eigenvalue weighted by atomic mass is 9.98. The Morgan fingerprint density at radius 1 is 1.20 bits per heavy atom. The van der Waals surface area contributed by atoms with Gasteiger partial charge in [0.25, 0.3) is 0 Å². The summed E-state index contributed by atoms with van der Waals surface area (Å²) in [4.78, 5) is 0. The topological polar surface area (TPSA) is 35.8 Å². The van der Waals surface area contributed by atoms with Crippen molar-refractivity contribution in [3.63, 3.8) is 0 Å². The van der Waals surface area contributed by atoms with Crippen LogP contribution in [-0.2, 0) is 6.54 Å². The third kappa shape index (κ3) is 3.43. The maximum absolute atomic E-state index is 13.4. The molecule has 0 amide bonds. The zero-order valence-electron chi connectivity index (χ0n) is 11.5. The third-order valence-electron chi connectivity index (χ3n) is 3.11. The number of halogens is 1. The molecule has 0 saturated carbocycles. The van der Waals surface area contributed by atoms with Crippen LogP contribution >= 0.6 is 0 Å². The Balaban J connectivity index is 2.36. The Kier molecular flexibility index (Phi) is 4.86. The molecule has 0 aromatic heterocycles. The first-order valence-corrected chi connectivity index (χ1v) is 6.74. The zero-order valence-corrected chi connectivity index (χ0v) is 11.5. The molecule has 2 aromatic rings. The summed E-state index contributed by atoms with van der Waals surface area (Å²) in [6.07, 6.45) is 1.04. The minimum absolute atomic E-state index is 0.238. The number of rotatable bonds is 5. The van der Waals surface area contributed by atoms with Gasteiger partial charge in [-0.2, -0.15) is 5.26 Å². The van der Waals surface area contributed by atoms with Crippen LogP contribution in [-0.4, -0.2) is 6.54 Å². The van der Waals surface area contributed by atoms with Crippen LogP contribution in [0.15, 0.2) is 42.5 Å². The lowest BCUT2D eigenvalue weighted by Gasteiger charge is -2.11. The predicted octanol–water partition coefficient (Wildman–Crippen LogP) is 3.86. The first-order valence-electron chi connectivity index (χ1n) is 6.74. The molecular weight excluding hydrogens is 251 g/mol. The molecule has 0 unspecified atom stereocenters. The van der Waals surface area contributed by atoms with Crippen LogP contribution in [0, 0.1) is 17.1 Å². The van der Waals surface area contributed by atoms with Gasteiger partial charge in [-0.25, -0.2) is 4.39 Å². The summed E-state index contributed by atoms with van der Waals surface area (Å²) in [6.45, 7) is 3.61. The summed E-state index contributed by atoms with van der Waals surface area (Å²) in [7, 11) is 0. The van der Waals surface area contributed by atoms with Crippen molar-refractivity contribution in [3.05, 3.63) is 59.4 Å². The van der Waals surface area contributed by atoms with E-state index < -0.39 is 0 Å². The monoisotopic (exact) mass is 268 g/mol. The van der Waals surface area contributed by atoms with Gasteiger partial charge in [-0.1, -0.05) is 25.1 Å². The van der Waals surface area contributed by atoms with Gasteiger partial charge in [-0.15, -0.1) is 0 Å². The highest BCUT2D eigenvalue weighted by atomic mass is 19.1. The van der Waals surface area contributed by atoms with E-state index in [2.05, 4.69) is 18.3 Å². The van der Waals surface area contributed by atoms with Crippen molar-refractivity contribution >= 4 is 0 Å². The van der Waals surface area contributed by atoms with Gasteiger partial charge in [0.1, 0.15) is 5.82 Å². The van der Waals surface area contributed by atoms with Gasteiger partial charge in [0.05, 0.1) is 11.6 Å². The minimum atomic E-state index is -0.238. The number of nitriles is 1. The Morgan fingerprint density at radius 2 is 2.05 bits per heavy atom. The second-order valence-corrected chi connectivity index (χ2v) is 4.67. The number of benzene rings is 2. The van der Waals surface area contributed by atoms with Crippen LogP contribution < -0.4 is 5.32 Å². The van der Waals surface area contributed by atoms with Gasteiger partial charge in [-0.3, -0.25) is 0 Å². The van der Waals surface area contributed by atoms with Crippen molar-refractivity contribution in [1.29, 1.82) is 5.26 Å². The van der Waals surface area contributed by atoms with E-state index in [-0.39, 0.29) is 5.82 Å². The number of nitrogens with zero attached hydrogens (tertiary/aromatic N) is 1. The van der Waals surface area contributed by atoms with Crippen LogP contribution in [0.2, 0.25) is 0 Å². The summed E-state index contributed by atoms with van der Waals surface area (Å²) in [5.41, 5.74) is 3.43. The van der Waals surface area contributed by atoms with Gasteiger partial charge < -0.3 is 5.32 Å². The molecule has 0 heterocycles. The lowest BCUT2D eigenvalue weighted by molar-refractivity contribution is 0.619. The van der Waals surface area contributed by atoms with Gasteiger partial charge in [0, 0.05) is 6.54 Å². The van der Waals surface area contributed by atoms with Crippen LogP contribution in [0.4, 0.5) is 4.39 Å². The molecule has 102 valence electrons. The van der Waals surface area contributed by atoms with Crippen molar-refractivity contribution in [1.82, 2.24) is 5.32 Å². The zero-order chi connectivity index (χ0) is 14.4. The number of hydrogen-bond acceptors (Lipinski definition) is 2. The number of hydrogen-bond donors (Lipinski definition) is 1. The first-order chi connectivity index (χ1) is 9.74. The fourth-order valence-electron chi connectivity index (χ4n) is 2.15. The maximum atomic E-state index is 13.4. The van der Waals surface area contributed by atoms with Crippen LogP contribution in [0.3, 0.4) is 0 Å². The highest BCUT2D eigenvalue weighted by Crippen LogP contribution is 2.25. The van der Waals surface area contributed by atoms with Crippen molar-refractivity contribution < 1.29 is 4.39 Å². The smallest absolute Gasteiger partial charge is 0.123 e. The van der Waals surface area contributed by atoms with Crippen LogP contribution in [0.25, 0.3) is 11.1 Å². The molecule has 0 bridgehead atoms. The summed E-state index contributed by atoms with van der Waals surface area (Å²) in [6, 6.07) is 14.3. The van der Waals surface area contributed by atoms with E-state index in [1.807, 2.05) is 18.2 Å². The molecule has 0 aliphatic carbocycles. The minimum Gasteiger partial charge on any atom is -0.313 e. The van der Waals surface area contributed by atoms with Crippen molar-refractivity contribution in [2.75, 3.05) is 6.54 Å². The lowest BCUT2D eigenvalue weighted by Crippen LogP contribution is -2.14. The van der Waals surface area contributed by atoms with Crippen molar-refractivity contribution in [2.24, 2.45) is 0 Å². The average Bonchev–Trinajstić information content (AvgIpc) is 2.48. The van der Waals surface area contributed by atoms with E-state index in [9.17, 15) is 4.39 Å². The molecule has 0 saturated heterocycles. The van der Waals surface area contributed by atoms with Gasteiger partial charge in [0.15, 0.2) is 0 Å². The Hall–Kier alpha value is -2.18. The van der Waals surface area contributed by atoms with E-state index in [0.29, 0.717) is 12.1 Å². The number of nitrogens with one attached hydrogen (secondary N) is 1. The summed E-state index contributed by atoms with van der Waals surface area (Å²) in [5, 5.41) is 12.3. The molecule has 0 radical (unpaired) electrons. The van der Waals surface area contributed by atoms with E-state index in [4.69, 9.17) is 5.26 Å². The Bertz CT molecular complexity index is 629. The summed E-state index contributed by atoms with van der Waals surface area (Å²) < 4.78 is 13.4. The first kappa shape index (κ1) is 14.2. The maximum Gasteiger partial charge on any atom is 0.123 e. The normalized spacial score (nSPS) is 10.2. The Labute approximate surface area is 118 Å². The van der Waals surface area contributed by atoms with Crippen molar-refractivity contribution in [3.8, 4) is 17.2 Å². The second-order valence-electron chi connectivity index (χ2n) is 4.67. The summed E-state index contributed by atoms with van der Waals surface area (Å²) in [5.74, 6) is -0.238. The molecule has 2 nitrogen and oxygen atoms in total. The molecule has 0 atom stereocenters. The summed E-state index contributed by atoms with van der Waals surface area (Å²) >= 11 is 0. The molecule has 20 heavy (non-hydrogen) atoms. The SMILES string of the molecule is CCCNCc1cc(F)ccc1-c1cccc(C#N)c1. The van der Waals surface area contributed by atoms with Gasteiger partial charge in [0.2, 0.25) is 0 Å². The van der Waals surface area contributed by atoms with E-state index in [1.54, 1.807) is 18.2 Å². The molecule has 2 rings (SSSR count). The van der Waals surface area contributed by atoms with Crippen LogP contribution in [0.1, 0.15) is 24.5 Å². The molecule has 1 N–H and O–H groups in total. The molecule has 0 fully saturated rings. The molecule has 0 aliphatic rings. The van der Waals surface area contributed by atoms with Gasteiger partial charge >= 0.3 is 0 Å². The van der Waals surface area contributed by atoms with Gasteiger partial charge in [-0.05, 0) is 53.9 Å².